The Morgan fingerprint density at radius 2 is 1.76 bits per heavy atom. The van der Waals surface area contributed by atoms with Gasteiger partial charge in [-0.25, -0.2) is 4.79 Å². The van der Waals surface area contributed by atoms with Gasteiger partial charge in [0.1, 0.15) is 5.60 Å². The summed E-state index contributed by atoms with van der Waals surface area (Å²) >= 11 is 0. The molecule has 0 saturated heterocycles. The smallest absolute Gasteiger partial charge is 0.407 e. The molecule has 118 valence electrons. The zero-order chi connectivity index (χ0) is 15.9. The Balaban J connectivity index is 2.25. The van der Waals surface area contributed by atoms with Gasteiger partial charge in [-0.2, -0.15) is 0 Å². The molecule has 1 aromatic carbocycles. The molecule has 0 spiro atoms. The lowest BCUT2D eigenvalue weighted by molar-refractivity contribution is 0.0523. The number of nitrogens with one attached hydrogen (secondary N) is 2. The summed E-state index contributed by atoms with van der Waals surface area (Å²) in [5.41, 5.74) is 0.861. The molecule has 2 N–H and O–H groups in total. The zero-order valence-electron chi connectivity index (χ0n) is 13.8. The highest BCUT2D eigenvalue weighted by Gasteiger charge is 2.16. The van der Waals surface area contributed by atoms with E-state index in [-0.39, 0.29) is 12.1 Å². The molecule has 0 aliphatic carbocycles. The van der Waals surface area contributed by atoms with Gasteiger partial charge in [-0.15, -0.1) is 0 Å². The molecule has 0 aliphatic heterocycles. The van der Waals surface area contributed by atoms with E-state index in [4.69, 9.17) is 4.74 Å². The summed E-state index contributed by atoms with van der Waals surface area (Å²) < 4.78 is 5.21. The lowest BCUT2D eigenvalue weighted by atomic mass is 10.0. The second-order valence-corrected chi connectivity index (χ2v) is 6.50. The van der Waals surface area contributed by atoms with E-state index in [0.29, 0.717) is 12.5 Å². The number of hydrogen-bond donors (Lipinski definition) is 2. The largest absolute Gasteiger partial charge is 0.444 e. The lowest BCUT2D eigenvalue weighted by Crippen LogP contribution is -2.42. The van der Waals surface area contributed by atoms with Crippen molar-refractivity contribution in [2.45, 2.75) is 52.2 Å². The van der Waals surface area contributed by atoms with E-state index >= 15 is 0 Å². The third-order valence-electron chi connectivity index (χ3n) is 3.09. The first-order valence-corrected chi connectivity index (χ1v) is 7.53. The Morgan fingerprint density at radius 3 is 2.33 bits per heavy atom. The molecule has 1 aromatic rings. The summed E-state index contributed by atoms with van der Waals surface area (Å²) in [6.45, 7) is 11.2. The summed E-state index contributed by atoms with van der Waals surface area (Å²) in [5, 5.41) is 6.21. The molecule has 1 rings (SSSR count). The van der Waals surface area contributed by atoms with Crippen LogP contribution in [0.25, 0.3) is 0 Å². The van der Waals surface area contributed by atoms with Crippen LogP contribution in [0.15, 0.2) is 30.3 Å². The second-order valence-electron chi connectivity index (χ2n) is 6.50. The highest BCUT2D eigenvalue weighted by atomic mass is 16.6. The Bertz CT molecular complexity index is 426. The van der Waals surface area contributed by atoms with Gasteiger partial charge in [0.15, 0.2) is 0 Å². The molecule has 0 aromatic heterocycles. The van der Waals surface area contributed by atoms with Crippen molar-refractivity contribution in [2.24, 2.45) is 0 Å². The summed E-state index contributed by atoms with van der Waals surface area (Å²) in [6.07, 6.45) is -0.368. The highest BCUT2D eigenvalue weighted by molar-refractivity contribution is 5.67. The average Bonchev–Trinajstić information content (AvgIpc) is 2.41. The molecule has 4 heteroatoms. The van der Waals surface area contributed by atoms with Crippen molar-refractivity contribution in [3.05, 3.63) is 35.9 Å². The van der Waals surface area contributed by atoms with Crippen LogP contribution >= 0.6 is 0 Å². The lowest BCUT2D eigenvalue weighted by Gasteiger charge is -2.22. The molecule has 2 unspecified atom stereocenters. The second kappa shape index (κ2) is 8.03. The summed E-state index contributed by atoms with van der Waals surface area (Å²) in [6, 6.07) is 10.6. The number of carbonyl (C=O) groups is 1. The van der Waals surface area contributed by atoms with E-state index in [1.165, 1.54) is 5.56 Å². The van der Waals surface area contributed by atoms with E-state index in [9.17, 15) is 4.79 Å². The van der Waals surface area contributed by atoms with Gasteiger partial charge in [0, 0.05) is 19.1 Å². The van der Waals surface area contributed by atoms with Crippen LogP contribution in [0.5, 0.6) is 0 Å². The van der Waals surface area contributed by atoms with Crippen molar-refractivity contribution < 1.29 is 9.53 Å². The number of alkyl carbamates (subject to hydrolysis) is 1. The van der Waals surface area contributed by atoms with Gasteiger partial charge >= 0.3 is 6.09 Å². The maximum absolute atomic E-state index is 11.6. The highest BCUT2D eigenvalue weighted by Crippen LogP contribution is 2.13. The molecule has 0 fully saturated rings. The first kappa shape index (κ1) is 17.5. The zero-order valence-corrected chi connectivity index (χ0v) is 13.8. The van der Waals surface area contributed by atoms with Gasteiger partial charge in [0.05, 0.1) is 0 Å². The molecule has 0 saturated carbocycles. The quantitative estimate of drug-likeness (QED) is 0.846. The van der Waals surface area contributed by atoms with Gasteiger partial charge < -0.3 is 15.4 Å². The maximum Gasteiger partial charge on any atom is 0.407 e. The number of carbonyl (C=O) groups excluding carboxylic acids is 1. The van der Waals surface area contributed by atoms with Gasteiger partial charge in [-0.3, -0.25) is 0 Å². The minimum absolute atomic E-state index is 0.198. The Hall–Kier alpha value is -1.55. The molecular formula is C17H28N2O2. The van der Waals surface area contributed by atoms with Crippen molar-refractivity contribution in [2.75, 3.05) is 13.1 Å². The Morgan fingerprint density at radius 1 is 1.14 bits per heavy atom. The van der Waals surface area contributed by atoms with E-state index in [2.05, 4.69) is 48.7 Å². The predicted molar refractivity (Wildman–Crippen MR) is 86.6 cm³/mol. The van der Waals surface area contributed by atoms with Crippen LogP contribution in [0.3, 0.4) is 0 Å². The van der Waals surface area contributed by atoms with Gasteiger partial charge in [0.2, 0.25) is 0 Å². The third kappa shape index (κ3) is 7.71. The van der Waals surface area contributed by atoms with Crippen LogP contribution in [-0.4, -0.2) is 30.8 Å². The summed E-state index contributed by atoms with van der Waals surface area (Å²) in [7, 11) is 0. The van der Waals surface area contributed by atoms with Crippen LogP contribution in [0.2, 0.25) is 0 Å². The molecule has 0 aliphatic rings. The first-order chi connectivity index (χ1) is 9.78. The summed E-state index contributed by atoms with van der Waals surface area (Å²) in [4.78, 5) is 11.6. The first-order valence-electron chi connectivity index (χ1n) is 7.53. The van der Waals surface area contributed by atoms with Crippen LogP contribution in [0.1, 0.15) is 46.1 Å². The van der Waals surface area contributed by atoms with Crippen LogP contribution < -0.4 is 10.6 Å². The minimum atomic E-state index is -0.456. The van der Waals surface area contributed by atoms with Crippen molar-refractivity contribution in [1.29, 1.82) is 0 Å². The molecule has 2 atom stereocenters. The Labute approximate surface area is 128 Å². The number of rotatable bonds is 6. The molecule has 0 heterocycles. The van der Waals surface area contributed by atoms with Crippen LogP contribution in [0.4, 0.5) is 4.79 Å². The monoisotopic (exact) mass is 292 g/mol. The fourth-order valence-corrected chi connectivity index (χ4v) is 1.90. The number of ether oxygens (including phenoxy) is 1. The fourth-order valence-electron chi connectivity index (χ4n) is 1.90. The van der Waals surface area contributed by atoms with Crippen molar-refractivity contribution in [3.63, 3.8) is 0 Å². The maximum atomic E-state index is 11.6. The van der Waals surface area contributed by atoms with E-state index < -0.39 is 5.60 Å². The molecule has 21 heavy (non-hydrogen) atoms. The molecule has 0 radical (unpaired) electrons. The summed E-state index contributed by atoms with van der Waals surface area (Å²) in [5.74, 6) is 0.440. The van der Waals surface area contributed by atoms with Crippen LogP contribution in [-0.2, 0) is 4.74 Å². The molecule has 0 bridgehead atoms. The van der Waals surface area contributed by atoms with Gasteiger partial charge in [-0.05, 0) is 39.2 Å². The van der Waals surface area contributed by atoms with Gasteiger partial charge in [0.25, 0.3) is 0 Å². The SMILES string of the molecule is CC(CNC(=O)OC(C)(C)C)NCC(C)c1ccccc1. The molecule has 1 amide bonds. The standard InChI is InChI=1S/C17H28N2O2/c1-13(15-9-7-6-8-10-15)11-18-14(2)12-19-16(20)21-17(3,4)5/h6-10,13-14,18H,11-12H2,1-5H3,(H,19,20). The number of hydrogen-bond acceptors (Lipinski definition) is 3. The van der Waals surface area contributed by atoms with Crippen molar-refractivity contribution in [3.8, 4) is 0 Å². The van der Waals surface area contributed by atoms with E-state index in [0.717, 1.165) is 6.54 Å². The number of amides is 1. The van der Waals surface area contributed by atoms with Crippen molar-refractivity contribution >= 4 is 6.09 Å². The van der Waals surface area contributed by atoms with E-state index in [1.807, 2.05) is 26.8 Å². The normalized spacial score (nSPS) is 14.3. The van der Waals surface area contributed by atoms with Crippen LogP contribution in [0, 0.1) is 0 Å². The third-order valence-corrected chi connectivity index (χ3v) is 3.09. The van der Waals surface area contributed by atoms with E-state index in [1.54, 1.807) is 0 Å². The number of benzene rings is 1. The van der Waals surface area contributed by atoms with Gasteiger partial charge in [-0.1, -0.05) is 37.3 Å². The van der Waals surface area contributed by atoms with Crippen molar-refractivity contribution in [1.82, 2.24) is 10.6 Å². The topological polar surface area (TPSA) is 50.4 Å². The average molecular weight is 292 g/mol. The predicted octanol–water partition coefficient (Wildman–Crippen LogP) is 3.29. The molecular weight excluding hydrogens is 264 g/mol. The Kier molecular flexibility index (Phi) is 6.69. The minimum Gasteiger partial charge on any atom is -0.444 e. The molecule has 4 nitrogen and oxygen atoms in total. The fraction of sp³-hybridized carbons (Fsp3) is 0.588.